The Balaban J connectivity index is 1.47. The van der Waals surface area contributed by atoms with Crippen LogP contribution < -0.4 is 4.90 Å². The number of hydrogen-bond acceptors (Lipinski definition) is 6. The molecule has 1 aliphatic rings. The van der Waals surface area contributed by atoms with E-state index in [2.05, 4.69) is 19.9 Å². The summed E-state index contributed by atoms with van der Waals surface area (Å²) in [4.78, 5) is 28.7. The predicted octanol–water partition coefficient (Wildman–Crippen LogP) is 3.16. The largest absolute Gasteiger partial charge is 0.423 e. The maximum atomic E-state index is 13.4. The van der Waals surface area contributed by atoms with Gasteiger partial charge in [0.1, 0.15) is 17.7 Å². The van der Waals surface area contributed by atoms with Crippen LogP contribution in [0, 0.1) is 5.82 Å². The van der Waals surface area contributed by atoms with Gasteiger partial charge in [-0.1, -0.05) is 0 Å². The van der Waals surface area contributed by atoms with Crippen molar-refractivity contribution in [3.63, 3.8) is 0 Å². The molecule has 0 N–H and O–H groups in total. The number of halogens is 1. The van der Waals surface area contributed by atoms with E-state index in [4.69, 9.17) is 4.42 Å². The molecular weight excluding hydrogens is 361 g/mol. The second-order valence-corrected chi connectivity index (χ2v) is 7.07. The van der Waals surface area contributed by atoms with Gasteiger partial charge in [0.2, 0.25) is 5.91 Å². The van der Waals surface area contributed by atoms with E-state index in [1.54, 1.807) is 25.4 Å². The summed E-state index contributed by atoms with van der Waals surface area (Å²) < 4.78 is 19.2. The fourth-order valence-electron chi connectivity index (χ4n) is 3.71. The van der Waals surface area contributed by atoms with Crippen LogP contribution in [0.1, 0.15) is 31.7 Å². The van der Waals surface area contributed by atoms with E-state index >= 15 is 0 Å². The zero-order valence-corrected chi connectivity index (χ0v) is 15.7. The van der Waals surface area contributed by atoms with E-state index in [9.17, 15) is 9.18 Å². The van der Waals surface area contributed by atoms with Crippen molar-refractivity contribution in [2.75, 3.05) is 18.0 Å². The minimum atomic E-state index is -0.328. The molecule has 1 unspecified atom stereocenters. The fourth-order valence-corrected chi connectivity index (χ4v) is 3.71. The lowest BCUT2D eigenvalue weighted by molar-refractivity contribution is -0.132. The number of nitrogens with zero attached hydrogens (tertiary/aromatic N) is 5. The van der Waals surface area contributed by atoms with Crippen LogP contribution in [0.25, 0.3) is 11.1 Å². The number of benzene rings is 1. The molecule has 3 heterocycles. The van der Waals surface area contributed by atoms with E-state index < -0.39 is 0 Å². The highest BCUT2D eigenvalue weighted by Crippen LogP contribution is 2.26. The topological polar surface area (TPSA) is 75.4 Å². The van der Waals surface area contributed by atoms with Crippen LogP contribution in [0.4, 0.5) is 10.4 Å². The Hall–Kier alpha value is -3.03. The lowest BCUT2D eigenvalue weighted by Gasteiger charge is -2.30. The molecule has 28 heavy (non-hydrogen) atoms. The quantitative estimate of drug-likeness (QED) is 0.689. The number of rotatable bonds is 4. The number of carbonyl (C=O) groups is 1. The average Bonchev–Trinajstić information content (AvgIpc) is 2.95. The number of carbonyl (C=O) groups excluding carboxylic acids is 1. The van der Waals surface area contributed by atoms with Crippen molar-refractivity contribution in [1.82, 2.24) is 19.9 Å². The third-order valence-corrected chi connectivity index (χ3v) is 5.12. The Morgan fingerprint density at radius 2 is 2.11 bits per heavy atom. The minimum Gasteiger partial charge on any atom is -0.423 e. The van der Waals surface area contributed by atoms with E-state index in [0.717, 1.165) is 37.9 Å². The van der Waals surface area contributed by atoms with Crippen LogP contribution in [0.2, 0.25) is 0 Å². The van der Waals surface area contributed by atoms with Crippen LogP contribution >= 0.6 is 0 Å². The van der Waals surface area contributed by atoms with Crippen LogP contribution in [-0.2, 0) is 11.3 Å². The van der Waals surface area contributed by atoms with Gasteiger partial charge < -0.3 is 14.2 Å². The van der Waals surface area contributed by atoms with Gasteiger partial charge in [0.25, 0.3) is 6.01 Å². The van der Waals surface area contributed by atoms with Crippen LogP contribution in [-0.4, -0.2) is 44.9 Å². The Morgan fingerprint density at radius 1 is 1.29 bits per heavy atom. The summed E-state index contributed by atoms with van der Waals surface area (Å²) in [7, 11) is 0. The summed E-state index contributed by atoms with van der Waals surface area (Å²) in [6.07, 6.45) is 7.58. The SMILES string of the molecule is CC(=O)N(Cc1cncnc1)C1CCCN(c2nc3cc(F)ccc3o2)CC1. The molecule has 1 amide bonds. The van der Waals surface area contributed by atoms with E-state index in [-0.39, 0.29) is 17.8 Å². The van der Waals surface area contributed by atoms with E-state index in [0.29, 0.717) is 23.7 Å². The number of oxazole rings is 1. The first-order valence-electron chi connectivity index (χ1n) is 9.42. The van der Waals surface area contributed by atoms with Crippen molar-refractivity contribution in [3.8, 4) is 0 Å². The Kier molecular flexibility index (Phi) is 5.18. The maximum absolute atomic E-state index is 13.4. The smallest absolute Gasteiger partial charge is 0.298 e. The third kappa shape index (κ3) is 3.95. The van der Waals surface area contributed by atoms with Gasteiger partial charge in [-0.15, -0.1) is 0 Å². The molecule has 2 aromatic heterocycles. The van der Waals surface area contributed by atoms with Crippen molar-refractivity contribution in [2.45, 2.75) is 38.8 Å². The van der Waals surface area contributed by atoms with Crippen molar-refractivity contribution >= 4 is 23.0 Å². The first kappa shape index (κ1) is 18.3. The molecule has 0 spiro atoms. The molecule has 0 aliphatic carbocycles. The zero-order chi connectivity index (χ0) is 19.5. The number of aromatic nitrogens is 3. The van der Waals surface area contributed by atoms with Gasteiger partial charge in [-0.2, -0.15) is 4.98 Å². The normalized spacial score (nSPS) is 17.5. The second kappa shape index (κ2) is 7.92. The summed E-state index contributed by atoms with van der Waals surface area (Å²) >= 11 is 0. The maximum Gasteiger partial charge on any atom is 0.298 e. The minimum absolute atomic E-state index is 0.0413. The number of hydrogen-bond donors (Lipinski definition) is 0. The second-order valence-electron chi connectivity index (χ2n) is 7.07. The van der Waals surface area contributed by atoms with Crippen LogP contribution in [0.3, 0.4) is 0 Å². The molecule has 1 atom stereocenters. The molecule has 1 fully saturated rings. The van der Waals surface area contributed by atoms with Crippen molar-refractivity contribution in [3.05, 3.63) is 48.3 Å². The molecule has 1 aromatic carbocycles. The van der Waals surface area contributed by atoms with E-state index in [1.165, 1.54) is 18.5 Å². The van der Waals surface area contributed by atoms with Crippen molar-refractivity contribution in [2.24, 2.45) is 0 Å². The predicted molar refractivity (Wildman–Crippen MR) is 102 cm³/mol. The van der Waals surface area contributed by atoms with Gasteiger partial charge in [-0.3, -0.25) is 4.79 Å². The summed E-state index contributed by atoms with van der Waals surface area (Å²) in [6.45, 7) is 3.60. The third-order valence-electron chi connectivity index (χ3n) is 5.12. The van der Waals surface area contributed by atoms with Gasteiger partial charge in [-0.25, -0.2) is 14.4 Å². The first-order chi connectivity index (χ1) is 13.6. The molecule has 146 valence electrons. The Bertz CT molecular complexity index is 962. The summed E-state index contributed by atoms with van der Waals surface area (Å²) in [5, 5.41) is 0. The highest BCUT2D eigenvalue weighted by molar-refractivity contribution is 5.74. The molecule has 1 saturated heterocycles. The molecule has 0 radical (unpaired) electrons. The molecule has 1 aliphatic heterocycles. The van der Waals surface area contributed by atoms with Gasteiger partial charge in [0, 0.05) is 56.6 Å². The van der Waals surface area contributed by atoms with Crippen LogP contribution in [0.5, 0.6) is 0 Å². The molecule has 0 bridgehead atoms. The average molecular weight is 383 g/mol. The van der Waals surface area contributed by atoms with E-state index in [1.807, 2.05) is 4.90 Å². The molecule has 4 rings (SSSR count). The standard InChI is InChI=1S/C20H22FN5O2/c1-14(27)26(12-15-10-22-13-23-11-15)17-3-2-7-25(8-6-17)20-24-18-9-16(21)4-5-19(18)28-20/h4-5,9-11,13,17H,2-3,6-8,12H2,1H3. The Labute approximate surface area is 162 Å². The zero-order valence-electron chi connectivity index (χ0n) is 15.7. The van der Waals surface area contributed by atoms with Gasteiger partial charge in [-0.05, 0) is 31.4 Å². The number of amides is 1. The summed E-state index contributed by atoms with van der Waals surface area (Å²) in [5.74, 6) is -0.287. The lowest BCUT2D eigenvalue weighted by atomic mass is 10.1. The lowest BCUT2D eigenvalue weighted by Crippen LogP contribution is -2.39. The molecule has 7 nitrogen and oxygen atoms in total. The van der Waals surface area contributed by atoms with Crippen LogP contribution in [0.15, 0.2) is 41.3 Å². The molecule has 3 aromatic rings. The molecule has 0 saturated carbocycles. The number of anilines is 1. The molecule has 8 heteroatoms. The van der Waals surface area contributed by atoms with Crippen molar-refractivity contribution in [1.29, 1.82) is 0 Å². The van der Waals surface area contributed by atoms with Crippen molar-refractivity contribution < 1.29 is 13.6 Å². The van der Waals surface area contributed by atoms with Gasteiger partial charge in [0.15, 0.2) is 5.58 Å². The summed E-state index contributed by atoms with van der Waals surface area (Å²) in [6, 6.07) is 4.98. The summed E-state index contributed by atoms with van der Waals surface area (Å²) in [5.41, 5.74) is 2.01. The first-order valence-corrected chi connectivity index (χ1v) is 9.42. The molecular formula is C20H22FN5O2. The fraction of sp³-hybridized carbons (Fsp3) is 0.400. The van der Waals surface area contributed by atoms with Gasteiger partial charge >= 0.3 is 0 Å². The highest BCUT2D eigenvalue weighted by Gasteiger charge is 2.26. The van der Waals surface area contributed by atoms with Gasteiger partial charge in [0.05, 0.1) is 0 Å². The monoisotopic (exact) mass is 383 g/mol. The number of fused-ring (bicyclic) bond motifs is 1. The Morgan fingerprint density at radius 3 is 2.89 bits per heavy atom. The highest BCUT2D eigenvalue weighted by atomic mass is 19.1.